The SMILES string of the molecule is Cc1cc(O)cc(C)c1CC(NC(=O)C(N)C1CCN(C(=N)NC(=O)O)CC1)C(=O)NC(Cc1c[nH]c2ccccc12)c1nc(Cc2ccc(-c3ccccc3)cc2)no1. The van der Waals surface area contributed by atoms with Crippen molar-refractivity contribution in [1.29, 1.82) is 5.41 Å². The van der Waals surface area contributed by atoms with Crippen LogP contribution >= 0.6 is 0 Å². The number of aromatic amines is 1. The molecule has 0 radical (unpaired) electrons. The number of phenolic OH excluding ortho intramolecular Hbond substituents is 1. The van der Waals surface area contributed by atoms with Crippen LogP contribution in [0.15, 0.2) is 102 Å². The molecule has 0 spiro atoms. The number of benzene rings is 4. The number of carbonyl (C=O) groups is 3. The molecule has 3 heterocycles. The minimum absolute atomic E-state index is 0.0944. The molecule has 4 aromatic carbocycles. The number of likely N-dealkylation sites (tertiary alicyclic amines) is 1. The monoisotopic (exact) mass is 811 g/mol. The number of aromatic hydroxyl groups is 1. The number of rotatable bonds is 13. The van der Waals surface area contributed by atoms with Crippen LogP contribution in [0.1, 0.15) is 58.4 Å². The number of hydrogen-bond donors (Lipinski definition) is 8. The Bertz CT molecular complexity index is 2450. The molecule has 15 nitrogen and oxygen atoms in total. The first-order chi connectivity index (χ1) is 28.9. The highest BCUT2D eigenvalue weighted by atomic mass is 16.5. The Morgan fingerprint density at radius 1 is 0.917 bits per heavy atom. The maximum atomic E-state index is 14.6. The second-order valence-corrected chi connectivity index (χ2v) is 15.4. The molecule has 3 unspecified atom stereocenters. The summed E-state index contributed by atoms with van der Waals surface area (Å²) in [5.74, 6) is -0.778. The van der Waals surface area contributed by atoms with Crippen LogP contribution in [0.25, 0.3) is 22.0 Å². The van der Waals surface area contributed by atoms with Crippen LogP contribution in [-0.2, 0) is 28.9 Å². The third-order valence-corrected chi connectivity index (χ3v) is 11.2. The fraction of sp³-hybridized carbons (Fsp3) is 0.289. The van der Waals surface area contributed by atoms with E-state index in [1.54, 1.807) is 17.0 Å². The zero-order valence-corrected chi connectivity index (χ0v) is 33.4. The van der Waals surface area contributed by atoms with E-state index in [1.165, 1.54) is 0 Å². The van der Waals surface area contributed by atoms with Gasteiger partial charge in [0.1, 0.15) is 17.8 Å². The Hall–Kier alpha value is -7.00. The number of H-pyrrole nitrogens is 1. The van der Waals surface area contributed by atoms with Gasteiger partial charge >= 0.3 is 6.09 Å². The summed E-state index contributed by atoms with van der Waals surface area (Å²) in [7, 11) is 0. The zero-order chi connectivity index (χ0) is 42.3. The molecule has 1 saturated heterocycles. The lowest BCUT2D eigenvalue weighted by Crippen LogP contribution is -2.56. The first-order valence-corrected chi connectivity index (χ1v) is 19.9. The van der Waals surface area contributed by atoms with Gasteiger partial charge in [0.2, 0.25) is 23.7 Å². The number of amides is 3. The van der Waals surface area contributed by atoms with Gasteiger partial charge in [0.15, 0.2) is 5.82 Å². The molecule has 3 atom stereocenters. The van der Waals surface area contributed by atoms with E-state index in [0.717, 1.165) is 49.8 Å². The topological polar surface area (TPSA) is 236 Å². The molecule has 0 aliphatic carbocycles. The van der Waals surface area contributed by atoms with E-state index in [0.29, 0.717) is 44.6 Å². The number of carboxylic acid groups (broad SMARTS) is 1. The fourth-order valence-corrected chi connectivity index (χ4v) is 7.95. The molecule has 0 saturated carbocycles. The maximum Gasteiger partial charge on any atom is 0.411 e. The summed E-state index contributed by atoms with van der Waals surface area (Å²) in [4.78, 5) is 49.2. The quantitative estimate of drug-likeness (QED) is 0.0539. The standard InChI is InChI=1S/C45H49N9O6/c1-26-20-33(55)21-27(2)35(26)24-37(49-42(57)40(46)31-16-18-54(19-17-31)44(47)52-45(58)59)41(56)50-38(23-32-25-48-36-11-7-6-10-34(32)36)43-51-39(53-60-43)22-28-12-14-30(15-13-28)29-8-4-3-5-9-29/h3-15,20-21,25,31,37-38,40,48,55H,16-19,22-24,46H2,1-2H3,(H2,47,52)(H,49,57)(H,50,56)(H,58,59). The smallest absolute Gasteiger partial charge is 0.411 e. The molecule has 3 amide bonds. The van der Waals surface area contributed by atoms with Gasteiger partial charge < -0.3 is 41.0 Å². The molecule has 0 bridgehead atoms. The minimum atomic E-state index is -1.32. The van der Waals surface area contributed by atoms with Crippen LogP contribution in [0.4, 0.5) is 4.79 Å². The number of fused-ring (bicyclic) bond motifs is 1. The van der Waals surface area contributed by atoms with Gasteiger partial charge in [-0.1, -0.05) is 78.0 Å². The van der Waals surface area contributed by atoms with E-state index < -0.39 is 36.0 Å². The Morgan fingerprint density at radius 2 is 1.58 bits per heavy atom. The fourth-order valence-electron chi connectivity index (χ4n) is 7.95. The number of hydrogen-bond acceptors (Lipinski definition) is 9. The third kappa shape index (κ3) is 9.81. The number of nitrogens with one attached hydrogen (secondary N) is 5. The number of phenols is 1. The largest absolute Gasteiger partial charge is 0.508 e. The van der Waals surface area contributed by atoms with E-state index in [2.05, 4.69) is 50.4 Å². The average Bonchev–Trinajstić information content (AvgIpc) is 3.88. The van der Waals surface area contributed by atoms with Crippen LogP contribution < -0.4 is 21.7 Å². The lowest BCUT2D eigenvalue weighted by atomic mass is 9.89. The molecule has 1 fully saturated rings. The number of aryl methyl sites for hydroxylation is 2. The molecule has 1 aliphatic rings. The summed E-state index contributed by atoms with van der Waals surface area (Å²) >= 11 is 0. The highest BCUT2D eigenvalue weighted by molar-refractivity contribution is 5.92. The summed E-state index contributed by atoms with van der Waals surface area (Å²) in [6, 6.07) is 26.5. The number of para-hydroxylation sites is 1. The van der Waals surface area contributed by atoms with Crippen LogP contribution in [0, 0.1) is 25.2 Å². The molecule has 7 rings (SSSR count). The van der Waals surface area contributed by atoms with E-state index in [9.17, 15) is 19.5 Å². The van der Waals surface area contributed by atoms with E-state index in [1.807, 2.05) is 74.6 Å². The van der Waals surface area contributed by atoms with Crippen molar-refractivity contribution in [3.05, 3.63) is 137 Å². The summed E-state index contributed by atoms with van der Waals surface area (Å²) in [6.07, 6.45) is 2.25. The summed E-state index contributed by atoms with van der Waals surface area (Å²) in [5.41, 5.74) is 13.9. The summed E-state index contributed by atoms with van der Waals surface area (Å²) in [5, 5.41) is 40.7. The van der Waals surface area contributed by atoms with Crippen LogP contribution in [0.5, 0.6) is 5.75 Å². The molecule has 310 valence electrons. The van der Waals surface area contributed by atoms with Crippen molar-refractivity contribution in [2.24, 2.45) is 11.7 Å². The van der Waals surface area contributed by atoms with Crippen molar-refractivity contribution >= 4 is 34.8 Å². The highest BCUT2D eigenvalue weighted by Gasteiger charge is 2.34. The zero-order valence-electron chi connectivity index (χ0n) is 33.4. The van der Waals surface area contributed by atoms with Crippen molar-refractivity contribution < 1.29 is 29.1 Å². The Morgan fingerprint density at radius 3 is 2.28 bits per heavy atom. The second-order valence-electron chi connectivity index (χ2n) is 15.4. The minimum Gasteiger partial charge on any atom is -0.508 e. The van der Waals surface area contributed by atoms with E-state index in [-0.39, 0.29) is 29.9 Å². The molecule has 1 aliphatic heterocycles. The number of aromatic nitrogens is 3. The number of nitrogens with zero attached hydrogens (tertiary/aromatic N) is 3. The predicted octanol–water partition coefficient (Wildman–Crippen LogP) is 5.50. The molecule has 15 heteroatoms. The van der Waals surface area contributed by atoms with Crippen molar-refractivity contribution in [3.63, 3.8) is 0 Å². The van der Waals surface area contributed by atoms with Gasteiger partial charge in [-0.3, -0.25) is 20.3 Å². The van der Waals surface area contributed by atoms with Gasteiger partial charge in [-0.2, -0.15) is 4.98 Å². The third-order valence-electron chi connectivity index (χ3n) is 11.2. The van der Waals surface area contributed by atoms with Crippen LogP contribution in [0.2, 0.25) is 0 Å². The van der Waals surface area contributed by atoms with Gasteiger partial charge in [-0.15, -0.1) is 0 Å². The van der Waals surface area contributed by atoms with Gasteiger partial charge in [-0.25, -0.2) is 4.79 Å². The highest BCUT2D eigenvalue weighted by Crippen LogP contribution is 2.27. The number of guanidine groups is 1. The molecule has 9 N–H and O–H groups in total. The van der Waals surface area contributed by atoms with Crippen molar-refractivity contribution in [3.8, 4) is 16.9 Å². The maximum absolute atomic E-state index is 14.6. The first kappa shape index (κ1) is 41.2. The van der Waals surface area contributed by atoms with Crippen LogP contribution in [-0.4, -0.2) is 79.3 Å². The van der Waals surface area contributed by atoms with Crippen LogP contribution in [0.3, 0.4) is 0 Å². The summed E-state index contributed by atoms with van der Waals surface area (Å²) < 4.78 is 5.87. The van der Waals surface area contributed by atoms with Gasteiger partial charge in [0, 0.05) is 49.5 Å². The first-order valence-electron chi connectivity index (χ1n) is 19.9. The average molecular weight is 812 g/mol. The predicted molar refractivity (Wildman–Crippen MR) is 226 cm³/mol. The lowest BCUT2D eigenvalue weighted by molar-refractivity contribution is -0.131. The second kappa shape index (κ2) is 18.3. The Balaban J connectivity index is 1.13. The number of nitrogens with two attached hydrogens (primary N) is 1. The van der Waals surface area contributed by atoms with Crippen molar-refractivity contribution in [1.82, 2.24) is 36.0 Å². The molecule has 60 heavy (non-hydrogen) atoms. The van der Waals surface area contributed by atoms with E-state index in [4.69, 9.17) is 25.8 Å². The normalized spacial score (nSPS) is 14.6. The van der Waals surface area contributed by atoms with Crippen molar-refractivity contribution in [2.45, 2.75) is 64.1 Å². The number of piperidine rings is 1. The molecular weight excluding hydrogens is 763 g/mol. The van der Waals surface area contributed by atoms with Gasteiger partial charge in [-0.05, 0) is 89.8 Å². The van der Waals surface area contributed by atoms with E-state index >= 15 is 0 Å². The van der Waals surface area contributed by atoms with Crippen molar-refractivity contribution in [2.75, 3.05) is 13.1 Å². The lowest BCUT2D eigenvalue weighted by Gasteiger charge is -2.35. The molecule has 6 aromatic rings. The summed E-state index contributed by atoms with van der Waals surface area (Å²) in [6.45, 7) is 4.34. The number of carbonyl (C=O) groups excluding carboxylic acids is 2. The molecular formula is C45H49N9O6. The Labute approximate surface area is 346 Å². The molecule has 2 aromatic heterocycles. The van der Waals surface area contributed by atoms with Gasteiger partial charge in [0.05, 0.1) is 6.04 Å². The van der Waals surface area contributed by atoms with Gasteiger partial charge in [0.25, 0.3) is 0 Å². The Kier molecular flexibility index (Phi) is 12.5.